The lowest BCUT2D eigenvalue weighted by Gasteiger charge is -2.18. The molecule has 0 radical (unpaired) electrons. The maximum absolute atomic E-state index is 10.1. The molecule has 1 saturated heterocycles. The molecule has 1 aliphatic heterocycles. The van der Waals surface area contributed by atoms with Crippen LogP contribution in [0.15, 0.2) is 12.7 Å². The molecular weight excluding hydrogens is 290 g/mol. The number of aliphatic hydroxyl groups excluding tert-OH is 3. The van der Waals surface area contributed by atoms with Gasteiger partial charge in [0.05, 0.1) is 25.8 Å². The molecule has 3 heterocycles. The van der Waals surface area contributed by atoms with Crippen molar-refractivity contribution in [3.8, 4) is 12.3 Å². The Morgan fingerprint density at radius 1 is 1.32 bits per heavy atom. The van der Waals surface area contributed by atoms with Crippen molar-refractivity contribution in [3.63, 3.8) is 0 Å². The molecule has 4 atom stereocenters. The Labute approximate surface area is 124 Å². The van der Waals surface area contributed by atoms with E-state index in [0.717, 1.165) is 0 Å². The molecule has 0 saturated carbocycles. The molecule has 2 aromatic rings. The van der Waals surface area contributed by atoms with Crippen LogP contribution in [0.5, 0.6) is 0 Å². The first-order chi connectivity index (χ1) is 10.6. The van der Waals surface area contributed by atoms with Crippen LogP contribution in [0.2, 0.25) is 0 Å². The molecule has 1 aliphatic rings. The Balaban J connectivity index is 2.14. The average Bonchev–Trinajstić information content (AvgIpc) is 3.06. The summed E-state index contributed by atoms with van der Waals surface area (Å²) in [5.74, 6) is 2.47. The van der Waals surface area contributed by atoms with Gasteiger partial charge in [-0.15, -0.1) is 6.42 Å². The number of aromatic nitrogens is 4. The van der Waals surface area contributed by atoms with Gasteiger partial charge in [0, 0.05) is 0 Å². The minimum atomic E-state index is -1.24. The molecule has 22 heavy (non-hydrogen) atoms. The molecular formula is C13H15N5O4. The summed E-state index contributed by atoms with van der Waals surface area (Å²) in [7, 11) is 0. The Morgan fingerprint density at radius 3 is 2.73 bits per heavy atom. The highest BCUT2D eigenvalue weighted by Crippen LogP contribution is 2.31. The van der Waals surface area contributed by atoms with Gasteiger partial charge in [-0.25, -0.2) is 9.97 Å². The summed E-state index contributed by atoms with van der Waals surface area (Å²) in [5.41, 5.74) is 0.719. The van der Waals surface area contributed by atoms with Gasteiger partial charge in [0.1, 0.15) is 29.5 Å². The molecule has 0 amide bonds. The van der Waals surface area contributed by atoms with E-state index in [0.29, 0.717) is 11.2 Å². The molecule has 0 bridgehead atoms. The van der Waals surface area contributed by atoms with Crippen LogP contribution >= 0.6 is 0 Å². The summed E-state index contributed by atoms with van der Waals surface area (Å²) in [4.78, 5) is 8.00. The number of terminal acetylenes is 1. The zero-order valence-corrected chi connectivity index (χ0v) is 11.5. The van der Waals surface area contributed by atoms with E-state index in [1.165, 1.54) is 17.2 Å². The monoisotopic (exact) mass is 305 g/mol. The second-order valence-electron chi connectivity index (χ2n) is 4.98. The van der Waals surface area contributed by atoms with Gasteiger partial charge in [0.2, 0.25) is 0 Å². The van der Waals surface area contributed by atoms with Gasteiger partial charge in [-0.3, -0.25) is 9.98 Å². The fraction of sp³-hybridized carbons (Fsp3) is 0.462. The van der Waals surface area contributed by atoms with Gasteiger partial charge in [-0.2, -0.15) is 0 Å². The largest absolute Gasteiger partial charge is 0.394 e. The quantitative estimate of drug-likeness (QED) is 0.483. The maximum atomic E-state index is 10.1. The van der Waals surface area contributed by atoms with E-state index in [1.807, 2.05) is 0 Å². The van der Waals surface area contributed by atoms with Crippen molar-refractivity contribution in [2.75, 3.05) is 6.61 Å². The van der Waals surface area contributed by atoms with Gasteiger partial charge in [0.25, 0.3) is 0 Å². The molecule has 0 unspecified atom stereocenters. The van der Waals surface area contributed by atoms with Crippen molar-refractivity contribution in [1.29, 1.82) is 5.41 Å². The van der Waals surface area contributed by atoms with Crippen molar-refractivity contribution in [2.45, 2.75) is 31.1 Å². The third-order valence-electron chi connectivity index (χ3n) is 3.64. The first-order valence-corrected chi connectivity index (χ1v) is 6.61. The predicted octanol–water partition coefficient (Wildman–Crippen LogP) is -2.04. The number of hydrogen-bond donors (Lipinski definition) is 4. The minimum Gasteiger partial charge on any atom is -0.394 e. The number of ether oxygens (including phenoxy) is 1. The smallest absolute Gasteiger partial charge is 0.176 e. The van der Waals surface area contributed by atoms with E-state index in [-0.39, 0.29) is 12.0 Å². The normalized spacial score (nSPS) is 28.1. The topological polar surface area (TPSA) is 129 Å². The maximum Gasteiger partial charge on any atom is 0.176 e. The predicted molar refractivity (Wildman–Crippen MR) is 73.2 cm³/mol. The van der Waals surface area contributed by atoms with Crippen LogP contribution in [-0.4, -0.2) is 59.3 Å². The lowest BCUT2D eigenvalue weighted by atomic mass is 10.1. The van der Waals surface area contributed by atoms with Gasteiger partial charge in [0.15, 0.2) is 11.7 Å². The molecule has 9 heteroatoms. The summed E-state index contributed by atoms with van der Waals surface area (Å²) < 4.78 is 8.56. The van der Waals surface area contributed by atoms with E-state index in [1.54, 1.807) is 4.57 Å². The zero-order chi connectivity index (χ0) is 15.9. The zero-order valence-electron chi connectivity index (χ0n) is 11.5. The molecule has 116 valence electrons. The Bertz CT molecular complexity index is 792. The highest BCUT2D eigenvalue weighted by Gasteiger charge is 2.44. The fourth-order valence-corrected chi connectivity index (χ4v) is 2.56. The number of fused-ring (bicyclic) bond motifs is 1. The molecule has 3 rings (SSSR count). The summed E-state index contributed by atoms with van der Waals surface area (Å²) in [5, 5.41) is 37.0. The number of aliphatic hydroxyl groups is 3. The Kier molecular flexibility index (Phi) is 3.67. The Morgan fingerprint density at radius 2 is 2.09 bits per heavy atom. The van der Waals surface area contributed by atoms with Crippen molar-refractivity contribution in [1.82, 2.24) is 19.1 Å². The van der Waals surface area contributed by atoms with Crippen molar-refractivity contribution in [2.24, 2.45) is 0 Å². The molecule has 9 nitrogen and oxygen atoms in total. The molecule has 4 N–H and O–H groups in total. The van der Waals surface area contributed by atoms with Gasteiger partial charge in [-0.05, 0) is 0 Å². The van der Waals surface area contributed by atoms with Gasteiger partial charge in [-0.1, -0.05) is 5.92 Å². The third kappa shape index (κ3) is 2.10. The standard InChI is InChI=1S/C13H15N5O4/c1-2-3-17-5-16-11(14)8-12(17)18(6-15-8)13-10(21)9(20)7(4-19)22-13/h1,5-7,9-10,13-14,19-21H,3-4H2/t7-,9-,10-,13-/m1/s1. The number of rotatable bonds is 3. The Hall–Kier alpha value is -2.25. The van der Waals surface area contributed by atoms with Crippen molar-refractivity contribution in [3.05, 3.63) is 18.1 Å². The second-order valence-corrected chi connectivity index (χ2v) is 4.98. The summed E-state index contributed by atoms with van der Waals surface area (Å²) in [6.45, 7) is -0.221. The average molecular weight is 305 g/mol. The van der Waals surface area contributed by atoms with Gasteiger partial charge < -0.3 is 24.6 Å². The number of nitrogens with one attached hydrogen (secondary N) is 1. The lowest BCUT2D eigenvalue weighted by Crippen LogP contribution is -2.33. The first kappa shape index (κ1) is 14.7. The number of imidazole rings is 1. The van der Waals surface area contributed by atoms with Gasteiger partial charge >= 0.3 is 0 Å². The SMILES string of the molecule is C#CCn1cnc(=N)c2ncn([C@@H]3O[C@H](CO)[C@@H](O)[C@H]3O)c21. The van der Waals surface area contributed by atoms with E-state index in [9.17, 15) is 15.3 Å². The summed E-state index contributed by atoms with van der Waals surface area (Å²) in [6.07, 6.45) is 3.83. The summed E-state index contributed by atoms with van der Waals surface area (Å²) >= 11 is 0. The van der Waals surface area contributed by atoms with E-state index in [2.05, 4.69) is 15.9 Å². The second kappa shape index (κ2) is 5.51. The van der Waals surface area contributed by atoms with Crippen LogP contribution in [0.25, 0.3) is 11.2 Å². The molecule has 2 aromatic heterocycles. The molecule has 0 aliphatic carbocycles. The van der Waals surface area contributed by atoms with Crippen molar-refractivity contribution < 1.29 is 20.1 Å². The van der Waals surface area contributed by atoms with E-state index >= 15 is 0 Å². The van der Waals surface area contributed by atoms with E-state index < -0.39 is 31.1 Å². The van der Waals surface area contributed by atoms with Crippen LogP contribution in [0.3, 0.4) is 0 Å². The third-order valence-corrected chi connectivity index (χ3v) is 3.64. The summed E-state index contributed by atoms with van der Waals surface area (Å²) in [6, 6.07) is 0. The highest BCUT2D eigenvalue weighted by atomic mass is 16.6. The van der Waals surface area contributed by atoms with Crippen LogP contribution in [0.4, 0.5) is 0 Å². The lowest BCUT2D eigenvalue weighted by molar-refractivity contribution is -0.0513. The van der Waals surface area contributed by atoms with Crippen LogP contribution < -0.4 is 5.49 Å². The van der Waals surface area contributed by atoms with E-state index in [4.69, 9.17) is 16.6 Å². The number of hydrogen-bond acceptors (Lipinski definition) is 7. The highest BCUT2D eigenvalue weighted by molar-refractivity contribution is 5.69. The minimum absolute atomic E-state index is 0.0336. The van der Waals surface area contributed by atoms with Crippen LogP contribution in [-0.2, 0) is 11.3 Å². The number of nitrogens with zero attached hydrogens (tertiary/aromatic N) is 4. The van der Waals surface area contributed by atoms with Crippen molar-refractivity contribution >= 4 is 11.2 Å². The fourth-order valence-electron chi connectivity index (χ4n) is 2.56. The molecule has 1 fully saturated rings. The van der Waals surface area contributed by atoms with Crippen LogP contribution in [0.1, 0.15) is 6.23 Å². The molecule has 0 aromatic carbocycles. The molecule has 0 spiro atoms. The van der Waals surface area contributed by atoms with Crippen LogP contribution in [0, 0.1) is 17.8 Å². The first-order valence-electron chi connectivity index (χ1n) is 6.61.